The Bertz CT molecular complexity index is 689. The molecule has 0 spiro atoms. The van der Waals surface area contributed by atoms with Crippen molar-refractivity contribution < 1.29 is 13.2 Å². The number of halogens is 3. The number of hydrogen-bond donors (Lipinski definition) is 1. The molecule has 6 heteroatoms. The highest BCUT2D eigenvalue weighted by Crippen LogP contribution is 2.33. The molecule has 2 aromatic heterocycles. The average molecular weight is 325 g/mol. The number of nitrogens with one attached hydrogen (secondary N) is 1. The number of thiophene rings is 2. The molecular formula is C15H10F3NS2. The monoisotopic (exact) mass is 325 g/mol. The minimum atomic E-state index is -1.46. The smallest absolute Gasteiger partial charge is 0.196 e. The molecule has 2 heterocycles. The summed E-state index contributed by atoms with van der Waals surface area (Å²) in [5.74, 6) is -3.86. The highest BCUT2D eigenvalue weighted by atomic mass is 32.1. The molecule has 1 N–H and O–H groups in total. The van der Waals surface area contributed by atoms with Crippen molar-refractivity contribution in [1.29, 1.82) is 0 Å². The lowest BCUT2D eigenvalue weighted by Crippen LogP contribution is -2.11. The molecule has 0 fully saturated rings. The van der Waals surface area contributed by atoms with E-state index in [1.165, 1.54) is 28.7 Å². The van der Waals surface area contributed by atoms with Crippen LogP contribution in [0.15, 0.2) is 47.2 Å². The summed E-state index contributed by atoms with van der Waals surface area (Å²) in [7, 11) is 0. The summed E-state index contributed by atoms with van der Waals surface area (Å²) < 4.78 is 40.2. The third-order valence-electron chi connectivity index (χ3n) is 2.99. The first kappa shape index (κ1) is 14.2. The lowest BCUT2D eigenvalue weighted by Gasteiger charge is -2.18. The molecule has 0 radical (unpaired) electrons. The van der Waals surface area contributed by atoms with Crippen LogP contribution < -0.4 is 5.32 Å². The molecule has 0 atom stereocenters. The maximum Gasteiger partial charge on any atom is 0.196 e. The van der Waals surface area contributed by atoms with Gasteiger partial charge in [-0.2, -0.15) is 0 Å². The van der Waals surface area contributed by atoms with Gasteiger partial charge in [-0.1, -0.05) is 12.1 Å². The van der Waals surface area contributed by atoms with Crippen LogP contribution in [-0.2, 0) is 0 Å². The van der Waals surface area contributed by atoms with Gasteiger partial charge in [-0.15, -0.1) is 22.7 Å². The van der Waals surface area contributed by atoms with E-state index in [1.807, 2.05) is 35.0 Å². The number of hydrogen-bond acceptors (Lipinski definition) is 3. The van der Waals surface area contributed by atoms with Crippen molar-refractivity contribution in [3.8, 4) is 0 Å². The minimum Gasteiger partial charge on any atom is -0.370 e. The summed E-state index contributed by atoms with van der Waals surface area (Å²) in [4.78, 5) is 1.95. The Kier molecular flexibility index (Phi) is 3.98. The molecule has 1 nitrogen and oxygen atoms in total. The summed E-state index contributed by atoms with van der Waals surface area (Å²) in [5, 5.41) is 6.79. The first-order valence-electron chi connectivity index (χ1n) is 6.13. The number of rotatable bonds is 4. The molecule has 0 aliphatic rings. The minimum absolute atomic E-state index is 0.0549. The van der Waals surface area contributed by atoms with Crippen molar-refractivity contribution >= 4 is 28.4 Å². The van der Waals surface area contributed by atoms with Gasteiger partial charge in [0.2, 0.25) is 0 Å². The predicted octanol–water partition coefficient (Wildman–Crippen LogP) is 5.43. The largest absolute Gasteiger partial charge is 0.370 e. The second-order valence-electron chi connectivity index (χ2n) is 4.33. The van der Waals surface area contributed by atoms with Crippen molar-refractivity contribution in [3.05, 3.63) is 74.4 Å². The quantitative estimate of drug-likeness (QED) is 0.631. The predicted molar refractivity (Wildman–Crippen MR) is 80.4 cm³/mol. The van der Waals surface area contributed by atoms with E-state index in [0.717, 1.165) is 15.8 Å². The first-order valence-corrected chi connectivity index (χ1v) is 7.89. The molecule has 0 saturated heterocycles. The van der Waals surface area contributed by atoms with Crippen molar-refractivity contribution in [3.63, 3.8) is 0 Å². The van der Waals surface area contributed by atoms with Crippen molar-refractivity contribution in [2.45, 2.75) is 6.04 Å². The van der Waals surface area contributed by atoms with Crippen LogP contribution in [0.1, 0.15) is 15.8 Å². The highest BCUT2D eigenvalue weighted by molar-refractivity contribution is 7.11. The van der Waals surface area contributed by atoms with Crippen LogP contribution in [0.4, 0.5) is 18.9 Å². The lowest BCUT2D eigenvalue weighted by molar-refractivity contribution is 0.448. The molecular weight excluding hydrogens is 315 g/mol. The van der Waals surface area contributed by atoms with Crippen LogP contribution in [-0.4, -0.2) is 0 Å². The van der Waals surface area contributed by atoms with E-state index in [1.54, 1.807) is 0 Å². The molecule has 21 heavy (non-hydrogen) atoms. The zero-order valence-corrected chi connectivity index (χ0v) is 12.3. The van der Waals surface area contributed by atoms with E-state index < -0.39 is 17.5 Å². The maximum absolute atomic E-state index is 13.8. The Morgan fingerprint density at radius 1 is 0.810 bits per heavy atom. The molecule has 1 aromatic carbocycles. The van der Waals surface area contributed by atoms with Gasteiger partial charge in [0.25, 0.3) is 0 Å². The van der Waals surface area contributed by atoms with E-state index >= 15 is 0 Å². The van der Waals surface area contributed by atoms with Gasteiger partial charge < -0.3 is 5.32 Å². The highest BCUT2D eigenvalue weighted by Gasteiger charge is 2.20. The van der Waals surface area contributed by atoms with Crippen LogP contribution in [0.25, 0.3) is 0 Å². The molecule has 108 valence electrons. The second-order valence-corrected chi connectivity index (χ2v) is 6.29. The van der Waals surface area contributed by atoms with E-state index in [2.05, 4.69) is 5.32 Å². The SMILES string of the molecule is Fc1ccc(NC(c2cccs2)c2cccs2)c(F)c1F. The second kappa shape index (κ2) is 5.91. The van der Waals surface area contributed by atoms with Gasteiger partial charge in [-0.3, -0.25) is 0 Å². The lowest BCUT2D eigenvalue weighted by atomic mass is 10.1. The Morgan fingerprint density at radius 2 is 1.43 bits per heavy atom. The van der Waals surface area contributed by atoms with E-state index in [0.29, 0.717) is 0 Å². The molecule has 0 aliphatic heterocycles. The van der Waals surface area contributed by atoms with Gasteiger partial charge in [0.15, 0.2) is 17.5 Å². The van der Waals surface area contributed by atoms with Gasteiger partial charge in [0, 0.05) is 9.75 Å². The van der Waals surface area contributed by atoms with Gasteiger partial charge in [0.1, 0.15) is 0 Å². The standard InChI is InChI=1S/C15H10F3NS2/c16-9-5-6-10(14(18)13(9)17)19-15(11-3-1-7-20-11)12-4-2-8-21-12/h1-8,15,19H. The fraction of sp³-hybridized carbons (Fsp3) is 0.0667. The van der Waals surface area contributed by atoms with Crippen LogP contribution >= 0.6 is 22.7 Å². The Morgan fingerprint density at radius 3 is 1.95 bits per heavy atom. The number of anilines is 1. The third-order valence-corrected chi connectivity index (χ3v) is 4.86. The maximum atomic E-state index is 13.8. The van der Waals surface area contributed by atoms with Crippen LogP contribution in [0.3, 0.4) is 0 Å². The summed E-state index contributed by atoms with van der Waals surface area (Å²) in [5.41, 5.74) is -0.0549. The Labute approximate surface area is 127 Å². The third kappa shape index (κ3) is 2.82. The van der Waals surface area contributed by atoms with E-state index in [9.17, 15) is 13.2 Å². The van der Waals surface area contributed by atoms with E-state index in [4.69, 9.17) is 0 Å². The molecule has 3 rings (SSSR count). The average Bonchev–Trinajstić information content (AvgIpc) is 3.17. The first-order chi connectivity index (χ1) is 10.2. The van der Waals surface area contributed by atoms with Crippen molar-refractivity contribution in [2.24, 2.45) is 0 Å². The molecule has 0 bridgehead atoms. The van der Waals surface area contributed by atoms with Crippen molar-refractivity contribution in [1.82, 2.24) is 0 Å². The molecule has 0 aliphatic carbocycles. The summed E-state index contributed by atoms with van der Waals surface area (Å²) in [6, 6.07) is 9.46. The summed E-state index contributed by atoms with van der Waals surface area (Å²) in [6.07, 6.45) is 0. The molecule has 0 saturated carbocycles. The zero-order valence-electron chi connectivity index (χ0n) is 10.6. The van der Waals surface area contributed by atoms with Gasteiger partial charge in [-0.05, 0) is 35.0 Å². The Hall–Kier alpha value is -1.79. The molecule has 3 aromatic rings. The molecule has 0 amide bonds. The van der Waals surface area contributed by atoms with Crippen LogP contribution in [0.2, 0.25) is 0 Å². The Balaban J connectivity index is 1.98. The normalized spacial score (nSPS) is 11.0. The van der Waals surface area contributed by atoms with Crippen molar-refractivity contribution in [2.75, 3.05) is 5.32 Å². The summed E-state index contributed by atoms with van der Waals surface area (Å²) >= 11 is 3.03. The zero-order chi connectivity index (χ0) is 14.8. The fourth-order valence-electron chi connectivity index (χ4n) is 1.99. The topological polar surface area (TPSA) is 12.0 Å². The van der Waals surface area contributed by atoms with Gasteiger partial charge >= 0.3 is 0 Å². The van der Waals surface area contributed by atoms with E-state index in [-0.39, 0.29) is 11.7 Å². The summed E-state index contributed by atoms with van der Waals surface area (Å²) in [6.45, 7) is 0. The number of benzene rings is 1. The van der Waals surface area contributed by atoms with Crippen LogP contribution in [0.5, 0.6) is 0 Å². The van der Waals surface area contributed by atoms with Gasteiger partial charge in [-0.25, -0.2) is 13.2 Å². The fourth-order valence-corrected chi connectivity index (χ4v) is 3.65. The van der Waals surface area contributed by atoms with Crippen LogP contribution in [0, 0.1) is 17.5 Å². The van der Waals surface area contributed by atoms with Gasteiger partial charge in [0.05, 0.1) is 11.7 Å². The molecule has 0 unspecified atom stereocenters.